The van der Waals surface area contributed by atoms with Crippen molar-refractivity contribution in [2.75, 3.05) is 13.1 Å². The van der Waals surface area contributed by atoms with E-state index in [-0.39, 0.29) is 12.5 Å². The quantitative estimate of drug-likeness (QED) is 0.340. The first-order valence-electron chi connectivity index (χ1n) is 3.52. The highest BCUT2D eigenvalue weighted by Crippen LogP contribution is 1.99. The molecule has 1 rings (SSSR count). The Morgan fingerprint density at radius 2 is 2.69 bits per heavy atom. The Kier molecular flexibility index (Phi) is 3.74. The third-order valence-corrected chi connectivity index (χ3v) is 1.81. The number of carbonyl (C=O) groups excluding carboxylic acids is 1. The van der Waals surface area contributed by atoms with E-state index in [1.54, 1.807) is 10.9 Å². The molecule has 6 nitrogen and oxygen atoms in total. The molecule has 0 saturated carbocycles. The van der Waals surface area contributed by atoms with E-state index in [1.165, 1.54) is 11.3 Å². The Labute approximate surface area is 78.2 Å². The molecule has 1 N–H and O–H groups in total. The van der Waals surface area contributed by atoms with Crippen LogP contribution in [0.3, 0.4) is 0 Å². The van der Waals surface area contributed by atoms with Gasteiger partial charge in [0.25, 0.3) is 5.91 Å². The first-order valence-corrected chi connectivity index (χ1v) is 4.46. The van der Waals surface area contributed by atoms with Crippen molar-refractivity contribution >= 4 is 17.2 Å². The maximum Gasteiger partial charge on any atom is 0.270 e. The van der Waals surface area contributed by atoms with Gasteiger partial charge in [-0.05, 0) is 5.53 Å². The first-order chi connectivity index (χ1) is 6.34. The lowest BCUT2D eigenvalue weighted by Gasteiger charge is -1.98. The van der Waals surface area contributed by atoms with Crippen LogP contribution in [0.25, 0.3) is 10.4 Å². The number of hydrogen-bond acceptors (Lipinski definition) is 4. The molecule has 1 amide bonds. The number of hydrogen-bond donors (Lipinski definition) is 1. The number of aromatic nitrogens is 1. The van der Waals surface area contributed by atoms with Crippen molar-refractivity contribution in [3.8, 4) is 0 Å². The van der Waals surface area contributed by atoms with Gasteiger partial charge in [0.1, 0.15) is 5.69 Å². The molecule has 0 unspecified atom stereocenters. The molecule has 0 bridgehead atoms. The summed E-state index contributed by atoms with van der Waals surface area (Å²) in [5.41, 5.74) is 9.93. The SMILES string of the molecule is [N-]=[N+]=NCCNC(=O)c1cscn1. The number of nitrogens with one attached hydrogen (secondary N) is 1. The monoisotopic (exact) mass is 197 g/mol. The number of amides is 1. The second kappa shape index (κ2) is 5.13. The normalized spacial score (nSPS) is 8.92. The lowest BCUT2D eigenvalue weighted by Crippen LogP contribution is -2.26. The van der Waals surface area contributed by atoms with E-state index in [0.29, 0.717) is 12.2 Å². The van der Waals surface area contributed by atoms with Crippen LogP contribution in [0.15, 0.2) is 16.0 Å². The van der Waals surface area contributed by atoms with Crippen LogP contribution in [0.4, 0.5) is 0 Å². The van der Waals surface area contributed by atoms with Crippen LogP contribution in [0, 0.1) is 0 Å². The second-order valence-electron chi connectivity index (χ2n) is 2.08. The van der Waals surface area contributed by atoms with Crippen LogP contribution in [0.5, 0.6) is 0 Å². The van der Waals surface area contributed by atoms with Crippen LogP contribution >= 0.6 is 11.3 Å². The number of thiazole rings is 1. The second-order valence-corrected chi connectivity index (χ2v) is 2.80. The minimum absolute atomic E-state index is 0.241. The summed E-state index contributed by atoms with van der Waals surface area (Å²) in [6.07, 6.45) is 0. The molecule has 0 radical (unpaired) electrons. The van der Waals surface area contributed by atoms with Gasteiger partial charge >= 0.3 is 0 Å². The minimum Gasteiger partial charge on any atom is -0.351 e. The highest BCUT2D eigenvalue weighted by molar-refractivity contribution is 7.07. The molecule has 7 heteroatoms. The van der Waals surface area contributed by atoms with Crippen LogP contribution in [-0.2, 0) is 0 Å². The smallest absolute Gasteiger partial charge is 0.270 e. The van der Waals surface area contributed by atoms with Gasteiger partial charge in [0, 0.05) is 23.4 Å². The maximum absolute atomic E-state index is 11.2. The number of rotatable bonds is 4. The zero-order valence-electron chi connectivity index (χ0n) is 6.67. The summed E-state index contributed by atoms with van der Waals surface area (Å²) in [4.78, 5) is 17.5. The minimum atomic E-state index is -0.241. The molecule has 0 atom stereocenters. The summed E-state index contributed by atoms with van der Waals surface area (Å²) >= 11 is 1.36. The highest BCUT2D eigenvalue weighted by atomic mass is 32.1. The van der Waals surface area contributed by atoms with Crippen LogP contribution < -0.4 is 5.32 Å². The van der Waals surface area contributed by atoms with Crippen LogP contribution in [0.2, 0.25) is 0 Å². The van der Waals surface area contributed by atoms with E-state index in [1.807, 2.05) is 0 Å². The average Bonchev–Trinajstić information content (AvgIpc) is 2.65. The number of carbonyl (C=O) groups is 1. The highest BCUT2D eigenvalue weighted by Gasteiger charge is 2.04. The topological polar surface area (TPSA) is 90.8 Å². The van der Waals surface area contributed by atoms with Gasteiger partial charge < -0.3 is 5.32 Å². The zero-order chi connectivity index (χ0) is 9.52. The maximum atomic E-state index is 11.2. The molecule has 0 saturated heterocycles. The Morgan fingerprint density at radius 3 is 3.31 bits per heavy atom. The fourth-order valence-corrected chi connectivity index (χ4v) is 1.21. The fraction of sp³-hybridized carbons (Fsp3) is 0.333. The van der Waals surface area contributed by atoms with Gasteiger partial charge in [-0.3, -0.25) is 4.79 Å². The first kappa shape index (κ1) is 9.50. The molecule has 1 aromatic heterocycles. The molecule has 0 aliphatic rings. The van der Waals surface area contributed by atoms with E-state index in [2.05, 4.69) is 20.3 Å². The van der Waals surface area contributed by atoms with Crippen molar-refractivity contribution in [3.05, 3.63) is 27.0 Å². The van der Waals surface area contributed by atoms with Crippen molar-refractivity contribution < 1.29 is 4.79 Å². The van der Waals surface area contributed by atoms with Crippen molar-refractivity contribution in [2.24, 2.45) is 5.11 Å². The largest absolute Gasteiger partial charge is 0.351 e. The van der Waals surface area contributed by atoms with E-state index in [0.717, 1.165) is 0 Å². The Balaban J connectivity index is 2.30. The molecule has 1 heterocycles. The van der Waals surface area contributed by atoms with Crippen molar-refractivity contribution in [3.63, 3.8) is 0 Å². The van der Waals surface area contributed by atoms with Gasteiger partial charge in [-0.1, -0.05) is 5.11 Å². The van der Waals surface area contributed by atoms with Gasteiger partial charge in [-0.15, -0.1) is 11.3 Å². The Hall–Kier alpha value is -1.59. The summed E-state index contributed by atoms with van der Waals surface area (Å²) < 4.78 is 0. The standard InChI is InChI=1S/C6H7N5OS/c7-11-10-2-1-8-6(12)5-3-13-4-9-5/h3-4H,1-2H2,(H,8,12). The van der Waals surface area contributed by atoms with E-state index >= 15 is 0 Å². The van der Waals surface area contributed by atoms with Crippen LogP contribution in [-0.4, -0.2) is 24.0 Å². The molecular weight excluding hydrogens is 190 g/mol. The van der Waals surface area contributed by atoms with E-state index in [9.17, 15) is 4.79 Å². The Morgan fingerprint density at radius 1 is 1.85 bits per heavy atom. The van der Waals surface area contributed by atoms with Gasteiger partial charge in [-0.25, -0.2) is 4.98 Å². The predicted octanol–water partition coefficient (Wildman–Crippen LogP) is 1.18. The van der Waals surface area contributed by atoms with Crippen LogP contribution in [0.1, 0.15) is 10.5 Å². The molecule has 0 aliphatic carbocycles. The molecule has 0 spiro atoms. The summed E-state index contributed by atoms with van der Waals surface area (Å²) in [6.45, 7) is 0.590. The number of azide groups is 1. The lowest BCUT2D eigenvalue weighted by molar-refractivity contribution is 0.0950. The molecule has 0 fully saturated rings. The molecule has 68 valence electrons. The summed E-state index contributed by atoms with van der Waals surface area (Å²) in [5, 5.41) is 7.49. The molecular formula is C6H7N5OS. The average molecular weight is 197 g/mol. The number of nitrogens with zero attached hydrogens (tertiary/aromatic N) is 4. The summed E-state index contributed by atoms with van der Waals surface area (Å²) in [6, 6.07) is 0. The van der Waals surface area contributed by atoms with E-state index < -0.39 is 0 Å². The fourth-order valence-electron chi connectivity index (χ4n) is 0.679. The third kappa shape index (κ3) is 3.10. The molecule has 0 aromatic carbocycles. The Bertz CT molecular complexity index is 316. The molecule has 13 heavy (non-hydrogen) atoms. The zero-order valence-corrected chi connectivity index (χ0v) is 7.49. The van der Waals surface area contributed by atoms with Crippen molar-refractivity contribution in [1.29, 1.82) is 0 Å². The molecule has 0 aliphatic heterocycles. The third-order valence-electron chi connectivity index (χ3n) is 1.23. The van der Waals surface area contributed by atoms with Gasteiger partial charge in [0.2, 0.25) is 0 Å². The lowest BCUT2D eigenvalue weighted by atomic mass is 10.4. The van der Waals surface area contributed by atoms with Gasteiger partial charge in [0.05, 0.1) is 5.51 Å². The predicted molar refractivity (Wildman–Crippen MR) is 48.5 cm³/mol. The van der Waals surface area contributed by atoms with Gasteiger partial charge in [-0.2, -0.15) is 0 Å². The molecule has 1 aromatic rings. The van der Waals surface area contributed by atoms with Gasteiger partial charge in [0.15, 0.2) is 0 Å². The summed E-state index contributed by atoms with van der Waals surface area (Å²) in [7, 11) is 0. The summed E-state index contributed by atoms with van der Waals surface area (Å²) in [5.74, 6) is -0.241. The van der Waals surface area contributed by atoms with E-state index in [4.69, 9.17) is 5.53 Å². The van der Waals surface area contributed by atoms with Crippen molar-refractivity contribution in [1.82, 2.24) is 10.3 Å². The van der Waals surface area contributed by atoms with Crippen molar-refractivity contribution in [2.45, 2.75) is 0 Å².